The zero-order valence-electron chi connectivity index (χ0n) is 9.73. The van der Waals surface area contributed by atoms with Crippen molar-refractivity contribution in [3.05, 3.63) is 23.9 Å². The summed E-state index contributed by atoms with van der Waals surface area (Å²) in [5.74, 6) is 5.48. The number of aliphatic hydroxyl groups excluding tert-OH is 1. The maximum absolute atomic E-state index is 11.3. The number of aromatic nitrogens is 1. The number of nitrogens with zero attached hydrogens (tertiary/aromatic N) is 1. The second-order valence-electron chi connectivity index (χ2n) is 3.45. The number of amides is 1. The molecular weight excluding hydrogens is 220 g/mol. The summed E-state index contributed by atoms with van der Waals surface area (Å²) >= 11 is 0. The molecule has 5 nitrogen and oxygen atoms in total. The molecule has 1 aromatic heterocycles. The molecule has 0 unspecified atom stereocenters. The zero-order chi connectivity index (χ0) is 12.7. The van der Waals surface area contributed by atoms with Crippen LogP contribution in [0.15, 0.2) is 18.2 Å². The van der Waals surface area contributed by atoms with Crippen LogP contribution in [-0.4, -0.2) is 28.9 Å². The van der Waals surface area contributed by atoms with Crippen molar-refractivity contribution in [3.8, 4) is 11.8 Å². The molecule has 0 saturated heterocycles. The Labute approximate surface area is 99.8 Å². The third-order valence-electron chi connectivity index (χ3n) is 1.62. The zero-order valence-corrected chi connectivity index (χ0v) is 9.73. The molecule has 1 heterocycles. The predicted molar refractivity (Wildman–Crippen MR) is 63.4 cm³/mol. The van der Waals surface area contributed by atoms with Gasteiger partial charge >= 0.3 is 6.09 Å². The van der Waals surface area contributed by atoms with Gasteiger partial charge in [0, 0.05) is 0 Å². The lowest BCUT2D eigenvalue weighted by Crippen LogP contribution is -2.18. The second kappa shape index (κ2) is 6.51. The average Bonchev–Trinajstić information content (AvgIpc) is 2.25. The van der Waals surface area contributed by atoms with Gasteiger partial charge in [0.05, 0.1) is 6.10 Å². The standard InChI is InChI=1S/C12H14N2O3/c1-9(2)17-12(16)14-11-7-3-5-10(13-11)6-4-8-15/h3,5,7,9,15H,8H2,1-2H3,(H,13,14,16). The molecule has 1 rings (SSSR count). The summed E-state index contributed by atoms with van der Waals surface area (Å²) in [5.41, 5.74) is 0.474. The van der Waals surface area contributed by atoms with Crippen molar-refractivity contribution in [2.75, 3.05) is 11.9 Å². The van der Waals surface area contributed by atoms with Crippen LogP contribution in [0.4, 0.5) is 10.6 Å². The topological polar surface area (TPSA) is 71.5 Å². The Morgan fingerprint density at radius 2 is 2.35 bits per heavy atom. The lowest BCUT2D eigenvalue weighted by Gasteiger charge is -2.08. The molecule has 1 aromatic rings. The van der Waals surface area contributed by atoms with Crippen LogP contribution in [0, 0.1) is 11.8 Å². The van der Waals surface area contributed by atoms with Gasteiger partial charge in [-0.05, 0) is 31.9 Å². The minimum absolute atomic E-state index is 0.188. The summed E-state index contributed by atoms with van der Waals surface area (Å²) in [6, 6.07) is 5.02. The summed E-state index contributed by atoms with van der Waals surface area (Å²) in [7, 11) is 0. The number of carbonyl (C=O) groups is 1. The molecule has 2 N–H and O–H groups in total. The van der Waals surface area contributed by atoms with Gasteiger partial charge in [-0.3, -0.25) is 5.32 Å². The van der Waals surface area contributed by atoms with Crippen molar-refractivity contribution in [2.45, 2.75) is 20.0 Å². The number of carbonyl (C=O) groups excluding carboxylic acids is 1. The van der Waals surface area contributed by atoms with Crippen molar-refractivity contribution >= 4 is 11.9 Å². The van der Waals surface area contributed by atoms with Gasteiger partial charge in [0.15, 0.2) is 0 Å². The Kier molecular flexibility index (Phi) is 4.98. The Bertz CT molecular complexity index is 447. The molecule has 17 heavy (non-hydrogen) atoms. The van der Waals surface area contributed by atoms with Crippen LogP contribution in [0.5, 0.6) is 0 Å². The molecule has 0 bridgehead atoms. The lowest BCUT2D eigenvalue weighted by molar-refractivity contribution is 0.130. The molecule has 0 fully saturated rings. The average molecular weight is 234 g/mol. The molecule has 90 valence electrons. The molecule has 5 heteroatoms. The van der Waals surface area contributed by atoms with Gasteiger partial charge in [-0.25, -0.2) is 9.78 Å². The Balaban J connectivity index is 2.68. The first kappa shape index (κ1) is 13.0. The molecule has 0 aliphatic carbocycles. The van der Waals surface area contributed by atoms with E-state index in [1.165, 1.54) is 0 Å². The minimum Gasteiger partial charge on any atom is -0.447 e. The Morgan fingerprint density at radius 1 is 1.59 bits per heavy atom. The fraction of sp³-hybridized carbons (Fsp3) is 0.333. The summed E-state index contributed by atoms with van der Waals surface area (Å²) in [6.07, 6.45) is -0.743. The maximum Gasteiger partial charge on any atom is 0.413 e. The molecule has 0 aliphatic heterocycles. The number of aliphatic hydroxyl groups is 1. The van der Waals surface area contributed by atoms with E-state index in [0.29, 0.717) is 11.5 Å². The first-order valence-corrected chi connectivity index (χ1v) is 5.16. The third-order valence-corrected chi connectivity index (χ3v) is 1.62. The molecule has 0 aliphatic rings. The number of hydrogen-bond donors (Lipinski definition) is 2. The molecule has 0 aromatic carbocycles. The Morgan fingerprint density at radius 3 is 3.00 bits per heavy atom. The van der Waals surface area contributed by atoms with E-state index in [1.807, 2.05) is 0 Å². The minimum atomic E-state index is -0.556. The van der Waals surface area contributed by atoms with Gasteiger partial charge in [-0.15, -0.1) is 0 Å². The smallest absolute Gasteiger partial charge is 0.413 e. The Hall–Kier alpha value is -2.06. The molecule has 1 amide bonds. The van der Waals surface area contributed by atoms with Crippen LogP contribution in [0.2, 0.25) is 0 Å². The van der Waals surface area contributed by atoms with E-state index in [1.54, 1.807) is 32.0 Å². The number of ether oxygens (including phenoxy) is 1. The van der Waals surface area contributed by atoms with Crippen LogP contribution >= 0.6 is 0 Å². The van der Waals surface area contributed by atoms with Gasteiger partial charge in [0.25, 0.3) is 0 Å². The number of hydrogen-bond acceptors (Lipinski definition) is 4. The fourth-order valence-corrected chi connectivity index (χ4v) is 1.05. The largest absolute Gasteiger partial charge is 0.447 e. The van der Waals surface area contributed by atoms with Crippen LogP contribution in [0.3, 0.4) is 0 Å². The molecule has 0 radical (unpaired) electrons. The summed E-state index contributed by atoms with van der Waals surface area (Å²) in [5, 5.41) is 11.0. The molecule has 0 atom stereocenters. The number of nitrogens with one attached hydrogen (secondary N) is 1. The van der Waals surface area contributed by atoms with Gasteiger partial charge < -0.3 is 9.84 Å². The van der Waals surface area contributed by atoms with Crippen molar-refractivity contribution in [2.24, 2.45) is 0 Å². The maximum atomic E-state index is 11.3. The van der Waals surface area contributed by atoms with E-state index >= 15 is 0 Å². The highest BCUT2D eigenvalue weighted by atomic mass is 16.6. The summed E-state index contributed by atoms with van der Waals surface area (Å²) in [4.78, 5) is 15.4. The van der Waals surface area contributed by atoms with E-state index < -0.39 is 6.09 Å². The SMILES string of the molecule is CC(C)OC(=O)Nc1cccc(C#CCO)n1. The van der Waals surface area contributed by atoms with Crippen molar-refractivity contribution < 1.29 is 14.6 Å². The number of anilines is 1. The van der Waals surface area contributed by atoms with Crippen molar-refractivity contribution in [3.63, 3.8) is 0 Å². The lowest BCUT2D eigenvalue weighted by atomic mass is 10.3. The van der Waals surface area contributed by atoms with E-state index in [2.05, 4.69) is 22.1 Å². The van der Waals surface area contributed by atoms with E-state index in [-0.39, 0.29) is 12.7 Å². The van der Waals surface area contributed by atoms with Crippen LogP contribution in [-0.2, 0) is 4.74 Å². The molecule has 0 spiro atoms. The second-order valence-corrected chi connectivity index (χ2v) is 3.45. The first-order chi connectivity index (χ1) is 8.11. The van der Waals surface area contributed by atoms with Crippen LogP contribution in [0.25, 0.3) is 0 Å². The number of pyridine rings is 1. The quantitative estimate of drug-likeness (QED) is 0.758. The monoisotopic (exact) mass is 234 g/mol. The first-order valence-electron chi connectivity index (χ1n) is 5.16. The van der Waals surface area contributed by atoms with E-state index in [9.17, 15) is 4.79 Å². The van der Waals surface area contributed by atoms with Crippen LogP contribution < -0.4 is 5.32 Å². The predicted octanol–water partition coefficient (Wildman–Crippen LogP) is 1.38. The van der Waals surface area contributed by atoms with Gasteiger partial charge in [0.1, 0.15) is 18.1 Å². The highest BCUT2D eigenvalue weighted by Gasteiger charge is 2.06. The van der Waals surface area contributed by atoms with Gasteiger partial charge in [-0.2, -0.15) is 0 Å². The molecular formula is C12H14N2O3. The van der Waals surface area contributed by atoms with Crippen LogP contribution in [0.1, 0.15) is 19.5 Å². The van der Waals surface area contributed by atoms with E-state index in [0.717, 1.165) is 0 Å². The van der Waals surface area contributed by atoms with Gasteiger partial charge in [0.2, 0.25) is 0 Å². The summed E-state index contributed by atoms with van der Waals surface area (Å²) < 4.78 is 4.91. The molecule has 0 saturated carbocycles. The highest BCUT2D eigenvalue weighted by molar-refractivity contribution is 5.83. The highest BCUT2D eigenvalue weighted by Crippen LogP contribution is 2.05. The van der Waals surface area contributed by atoms with E-state index in [4.69, 9.17) is 9.84 Å². The normalized spacial score (nSPS) is 9.41. The third kappa shape index (κ3) is 5.00. The summed E-state index contributed by atoms with van der Waals surface area (Å²) in [6.45, 7) is 3.29. The van der Waals surface area contributed by atoms with Gasteiger partial charge in [-0.1, -0.05) is 12.0 Å². The number of rotatable bonds is 2. The fourth-order valence-electron chi connectivity index (χ4n) is 1.05. The van der Waals surface area contributed by atoms with Crippen molar-refractivity contribution in [1.82, 2.24) is 4.98 Å². The van der Waals surface area contributed by atoms with Crippen molar-refractivity contribution in [1.29, 1.82) is 0 Å².